The van der Waals surface area contributed by atoms with Crippen molar-refractivity contribution in [3.63, 3.8) is 0 Å². The number of carbonyl (C=O) groups excluding carboxylic acids is 1. The SMILES string of the molecule is Cc1noc2nc([C@@H]3CCCN(C(=O)[C@H]4C[C@H]4C)C3)cc(C(F)(F)F)c12. The number of nitrogens with zero attached hydrogens (tertiary/aromatic N) is 3. The molecule has 2 aromatic rings. The van der Waals surface area contributed by atoms with Gasteiger partial charge in [-0.25, -0.2) is 4.98 Å². The number of hydrogen-bond acceptors (Lipinski definition) is 4. The second kappa shape index (κ2) is 5.96. The normalized spacial score (nSPS) is 26.3. The Morgan fingerprint density at radius 2 is 2.12 bits per heavy atom. The molecule has 4 rings (SSSR count). The number of hydrogen-bond donors (Lipinski definition) is 0. The number of carbonyl (C=O) groups is 1. The number of aromatic nitrogens is 2. The molecule has 1 aliphatic carbocycles. The first-order valence-corrected chi connectivity index (χ1v) is 8.88. The predicted molar refractivity (Wildman–Crippen MR) is 87.4 cm³/mol. The molecule has 26 heavy (non-hydrogen) atoms. The van der Waals surface area contributed by atoms with Gasteiger partial charge in [0, 0.05) is 24.9 Å². The second-order valence-corrected chi connectivity index (χ2v) is 7.48. The summed E-state index contributed by atoms with van der Waals surface area (Å²) in [6, 6.07) is 1.10. The smallest absolute Gasteiger partial charge is 0.342 e. The molecular formula is C18H20F3N3O2. The lowest BCUT2D eigenvalue weighted by molar-refractivity contribution is -0.137. The fourth-order valence-electron chi connectivity index (χ4n) is 3.87. The lowest BCUT2D eigenvalue weighted by Crippen LogP contribution is -2.40. The van der Waals surface area contributed by atoms with Crippen molar-refractivity contribution in [1.82, 2.24) is 15.0 Å². The van der Waals surface area contributed by atoms with Crippen molar-refractivity contribution < 1.29 is 22.5 Å². The van der Waals surface area contributed by atoms with Gasteiger partial charge in [-0.15, -0.1) is 0 Å². The molecule has 0 spiro atoms. The second-order valence-electron chi connectivity index (χ2n) is 7.48. The summed E-state index contributed by atoms with van der Waals surface area (Å²) >= 11 is 0. The molecule has 1 saturated heterocycles. The van der Waals surface area contributed by atoms with Gasteiger partial charge < -0.3 is 9.42 Å². The molecule has 3 heterocycles. The first-order chi connectivity index (χ1) is 12.3. The van der Waals surface area contributed by atoms with Crippen LogP contribution in [0.3, 0.4) is 0 Å². The molecular weight excluding hydrogens is 347 g/mol. The van der Waals surface area contributed by atoms with Gasteiger partial charge in [-0.2, -0.15) is 13.2 Å². The topological polar surface area (TPSA) is 59.2 Å². The number of aryl methyl sites for hydroxylation is 1. The van der Waals surface area contributed by atoms with E-state index in [0.717, 1.165) is 18.9 Å². The van der Waals surface area contributed by atoms with Crippen LogP contribution in [0.25, 0.3) is 11.1 Å². The molecule has 0 N–H and O–H groups in total. The molecule has 2 aromatic heterocycles. The Bertz CT molecular complexity index is 861. The molecule has 0 bridgehead atoms. The van der Waals surface area contributed by atoms with E-state index in [1.54, 1.807) is 4.90 Å². The third-order valence-corrected chi connectivity index (χ3v) is 5.52. The number of fused-ring (bicyclic) bond motifs is 1. The molecule has 2 aliphatic rings. The van der Waals surface area contributed by atoms with Gasteiger partial charge in [0.15, 0.2) is 0 Å². The lowest BCUT2D eigenvalue weighted by atomic mass is 9.92. The van der Waals surface area contributed by atoms with Crippen LogP contribution in [0.1, 0.15) is 49.1 Å². The summed E-state index contributed by atoms with van der Waals surface area (Å²) < 4.78 is 45.6. The summed E-state index contributed by atoms with van der Waals surface area (Å²) in [5, 5.41) is 3.55. The van der Waals surface area contributed by atoms with Gasteiger partial charge in [0.2, 0.25) is 5.91 Å². The van der Waals surface area contributed by atoms with Crippen molar-refractivity contribution in [3.05, 3.63) is 23.0 Å². The fraction of sp³-hybridized carbons (Fsp3) is 0.611. The van der Waals surface area contributed by atoms with Gasteiger partial charge in [-0.1, -0.05) is 12.1 Å². The third-order valence-electron chi connectivity index (χ3n) is 5.52. The minimum Gasteiger partial charge on any atom is -0.342 e. The highest BCUT2D eigenvalue weighted by atomic mass is 19.4. The van der Waals surface area contributed by atoms with Crippen LogP contribution in [0.2, 0.25) is 0 Å². The molecule has 3 atom stereocenters. The minimum absolute atomic E-state index is 0.0758. The zero-order valence-corrected chi connectivity index (χ0v) is 14.6. The van der Waals surface area contributed by atoms with Gasteiger partial charge in [-0.3, -0.25) is 4.79 Å². The Morgan fingerprint density at radius 3 is 2.77 bits per heavy atom. The number of alkyl halides is 3. The van der Waals surface area contributed by atoms with Crippen LogP contribution in [0.5, 0.6) is 0 Å². The largest absolute Gasteiger partial charge is 0.417 e. The Kier molecular flexibility index (Phi) is 3.96. The van der Waals surface area contributed by atoms with Gasteiger partial charge in [0.25, 0.3) is 5.71 Å². The van der Waals surface area contributed by atoms with Crippen LogP contribution in [0.15, 0.2) is 10.6 Å². The Balaban J connectivity index is 1.66. The van der Waals surface area contributed by atoms with Crippen LogP contribution in [-0.2, 0) is 11.0 Å². The Labute approximate surface area is 148 Å². The molecule has 8 heteroatoms. The first-order valence-electron chi connectivity index (χ1n) is 8.88. The molecule has 2 fully saturated rings. The van der Waals surface area contributed by atoms with Crippen molar-refractivity contribution in [2.45, 2.75) is 45.2 Å². The maximum atomic E-state index is 13.5. The third kappa shape index (κ3) is 2.95. The molecule has 5 nitrogen and oxygen atoms in total. The zero-order chi connectivity index (χ0) is 18.6. The number of amides is 1. The fourth-order valence-corrected chi connectivity index (χ4v) is 3.87. The monoisotopic (exact) mass is 367 g/mol. The van der Waals surface area contributed by atoms with E-state index in [2.05, 4.69) is 10.1 Å². The maximum Gasteiger partial charge on any atom is 0.417 e. The Morgan fingerprint density at radius 1 is 1.38 bits per heavy atom. The highest BCUT2D eigenvalue weighted by Crippen LogP contribution is 2.41. The zero-order valence-electron chi connectivity index (χ0n) is 14.6. The molecule has 140 valence electrons. The van der Waals surface area contributed by atoms with E-state index in [9.17, 15) is 18.0 Å². The number of likely N-dealkylation sites (tertiary alicyclic amines) is 1. The maximum absolute atomic E-state index is 13.5. The van der Waals surface area contributed by atoms with Crippen LogP contribution >= 0.6 is 0 Å². The van der Waals surface area contributed by atoms with E-state index in [0.29, 0.717) is 31.1 Å². The standard InChI is InChI=1S/C18H20F3N3O2/c1-9-6-12(9)17(25)24-5-3-4-11(8-24)14-7-13(18(19,20)21)15-10(2)23-26-16(15)22-14/h7,9,11-12H,3-6,8H2,1-2H3/t9-,11-,12+/m1/s1. The highest BCUT2D eigenvalue weighted by Gasteiger charge is 2.43. The Hall–Kier alpha value is -2.12. The predicted octanol–water partition coefficient (Wildman–Crippen LogP) is 3.91. The van der Waals surface area contributed by atoms with Crippen molar-refractivity contribution in [2.24, 2.45) is 11.8 Å². The van der Waals surface area contributed by atoms with E-state index >= 15 is 0 Å². The van der Waals surface area contributed by atoms with Gasteiger partial charge >= 0.3 is 6.18 Å². The van der Waals surface area contributed by atoms with Gasteiger partial charge in [0.1, 0.15) is 0 Å². The van der Waals surface area contributed by atoms with Crippen molar-refractivity contribution >= 4 is 17.0 Å². The lowest BCUT2D eigenvalue weighted by Gasteiger charge is -2.33. The van der Waals surface area contributed by atoms with E-state index in [1.807, 2.05) is 6.92 Å². The first kappa shape index (κ1) is 17.3. The molecule has 0 aromatic carbocycles. The van der Waals surface area contributed by atoms with E-state index in [-0.39, 0.29) is 34.5 Å². The van der Waals surface area contributed by atoms with Gasteiger partial charge in [0.05, 0.1) is 22.3 Å². The average Bonchev–Trinajstić information content (AvgIpc) is 3.22. The molecule has 1 saturated carbocycles. The summed E-state index contributed by atoms with van der Waals surface area (Å²) in [6.45, 7) is 4.58. The minimum atomic E-state index is -4.51. The molecule has 0 radical (unpaired) electrons. The number of rotatable bonds is 2. The van der Waals surface area contributed by atoms with Gasteiger partial charge in [-0.05, 0) is 38.2 Å². The van der Waals surface area contributed by atoms with Crippen LogP contribution in [0, 0.1) is 18.8 Å². The summed E-state index contributed by atoms with van der Waals surface area (Å²) in [5.74, 6) is 0.380. The van der Waals surface area contributed by atoms with E-state index in [4.69, 9.17) is 4.52 Å². The van der Waals surface area contributed by atoms with Crippen molar-refractivity contribution in [1.29, 1.82) is 0 Å². The van der Waals surface area contributed by atoms with E-state index < -0.39 is 11.7 Å². The summed E-state index contributed by atoms with van der Waals surface area (Å²) in [5.41, 5.74) is -0.362. The number of pyridine rings is 1. The average molecular weight is 367 g/mol. The van der Waals surface area contributed by atoms with Crippen molar-refractivity contribution in [2.75, 3.05) is 13.1 Å². The summed E-state index contributed by atoms with van der Waals surface area (Å²) in [6.07, 6.45) is -2.15. The van der Waals surface area contributed by atoms with Crippen LogP contribution < -0.4 is 0 Å². The molecule has 0 unspecified atom stereocenters. The highest BCUT2D eigenvalue weighted by molar-refractivity contribution is 5.82. The summed E-state index contributed by atoms with van der Waals surface area (Å²) in [4.78, 5) is 18.6. The molecule has 1 amide bonds. The number of piperidine rings is 1. The van der Waals surface area contributed by atoms with Crippen molar-refractivity contribution in [3.8, 4) is 0 Å². The van der Waals surface area contributed by atoms with Crippen LogP contribution in [-0.4, -0.2) is 34.0 Å². The summed E-state index contributed by atoms with van der Waals surface area (Å²) in [7, 11) is 0. The molecule has 1 aliphatic heterocycles. The quantitative estimate of drug-likeness (QED) is 0.807. The van der Waals surface area contributed by atoms with E-state index in [1.165, 1.54) is 6.92 Å². The number of halogens is 3. The van der Waals surface area contributed by atoms with Crippen LogP contribution in [0.4, 0.5) is 13.2 Å².